The first-order valence-electron chi connectivity index (χ1n) is 6.99. The Kier molecular flexibility index (Phi) is 3.54. The van der Waals surface area contributed by atoms with Crippen LogP contribution in [0.2, 0.25) is 0 Å². The van der Waals surface area contributed by atoms with E-state index in [4.69, 9.17) is 5.11 Å². The molecule has 122 valence electrons. The van der Waals surface area contributed by atoms with Crippen molar-refractivity contribution in [2.24, 2.45) is 0 Å². The number of benzene rings is 1. The number of nitrogens with zero attached hydrogens (tertiary/aromatic N) is 3. The zero-order valence-electron chi connectivity index (χ0n) is 12.2. The van der Waals surface area contributed by atoms with Crippen LogP contribution in [0.25, 0.3) is 11.3 Å². The predicted octanol–water partition coefficient (Wildman–Crippen LogP) is 3.45. The number of hydrogen-bond donors (Lipinski definition) is 1. The van der Waals surface area contributed by atoms with Crippen LogP contribution in [-0.2, 0) is 19.3 Å². The molecule has 0 bridgehead atoms. The Hall–Kier alpha value is -2.51. The largest absolute Gasteiger partial charge is 0.465 e. The predicted molar refractivity (Wildman–Crippen MR) is 75.7 cm³/mol. The van der Waals surface area contributed by atoms with Crippen LogP contribution in [0.3, 0.4) is 0 Å². The van der Waals surface area contributed by atoms with Crippen LogP contribution in [0.1, 0.15) is 18.2 Å². The summed E-state index contributed by atoms with van der Waals surface area (Å²) in [6, 6.07) is 6.27. The van der Waals surface area contributed by atoms with Crippen molar-refractivity contribution in [3.63, 3.8) is 0 Å². The summed E-state index contributed by atoms with van der Waals surface area (Å²) in [7, 11) is 0. The van der Waals surface area contributed by atoms with E-state index in [-0.39, 0.29) is 12.6 Å². The number of aromatic nitrogens is 2. The van der Waals surface area contributed by atoms with Gasteiger partial charge in [0, 0.05) is 5.56 Å². The van der Waals surface area contributed by atoms with Gasteiger partial charge in [0.15, 0.2) is 0 Å². The fraction of sp³-hybridized carbons (Fsp3) is 0.333. The van der Waals surface area contributed by atoms with Gasteiger partial charge < -0.3 is 5.11 Å². The molecule has 8 heteroatoms. The Bertz CT molecular complexity index is 737. The third-order valence-electron chi connectivity index (χ3n) is 3.92. The number of alkyl halides is 3. The molecular formula is C15H14F3N3O2. The van der Waals surface area contributed by atoms with E-state index in [0.29, 0.717) is 17.8 Å². The Morgan fingerprint density at radius 1 is 1.30 bits per heavy atom. The molecule has 0 fully saturated rings. The lowest BCUT2D eigenvalue weighted by Crippen LogP contribution is -2.44. The van der Waals surface area contributed by atoms with Crippen molar-refractivity contribution in [3.8, 4) is 11.3 Å². The van der Waals surface area contributed by atoms with Crippen molar-refractivity contribution in [3.05, 3.63) is 41.6 Å². The molecule has 0 radical (unpaired) electrons. The summed E-state index contributed by atoms with van der Waals surface area (Å²) in [5.74, 6) is 0. The maximum atomic E-state index is 12.6. The van der Waals surface area contributed by atoms with Crippen LogP contribution < -0.4 is 0 Å². The quantitative estimate of drug-likeness (QED) is 0.873. The second-order valence-corrected chi connectivity index (χ2v) is 5.54. The molecule has 0 aliphatic carbocycles. The Balaban J connectivity index is 1.89. The topological polar surface area (TPSA) is 58.4 Å². The van der Waals surface area contributed by atoms with Crippen molar-refractivity contribution < 1.29 is 23.1 Å². The van der Waals surface area contributed by atoms with Gasteiger partial charge in [-0.15, -0.1) is 0 Å². The fourth-order valence-corrected chi connectivity index (χ4v) is 2.65. The summed E-state index contributed by atoms with van der Waals surface area (Å²) < 4.78 is 39.5. The van der Waals surface area contributed by atoms with Gasteiger partial charge in [0.2, 0.25) is 0 Å². The van der Waals surface area contributed by atoms with Gasteiger partial charge in [-0.05, 0) is 25.1 Å². The molecule has 1 amide bonds. The highest BCUT2D eigenvalue weighted by atomic mass is 19.4. The van der Waals surface area contributed by atoms with Gasteiger partial charge in [-0.3, -0.25) is 9.58 Å². The molecule has 1 atom stereocenters. The van der Waals surface area contributed by atoms with E-state index >= 15 is 0 Å². The molecule has 1 aliphatic heterocycles. The highest BCUT2D eigenvalue weighted by molar-refractivity contribution is 5.66. The SMILES string of the molecule is C[C@H]1Cn2nc(-c3ccc(C(F)(F)F)cc3)cc2CN1C(=O)O. The molecule has 2 aromatic rings. The smallest absolute Gasteiger partial charge is 0.416 e. The molecule has 1 N–H and O–H groups in total. The monoisotopic (exact) mass is 325 g/mol. The summed E-state index contributed by atoms with van der Waals surface area (Å²) >= 11 is 0. The molecule has 0 saturated heterocycles. The third-order valence-corrected chi connectivity index (χ3v) is 3.92. The molecule has 23 heavy (non-hydrogen) atoms. The molecule has 2 heterocycles. The van der Waals surface area contributed by atoms with E-state index in [1.165, 1.54) is 17.0 Å². The molecule has 0 spiro atoms. The summed E-state index contributed by atoms with van der Waals surface area (Å²) in [5, 5.41) is 13.5. The average Bonchev–Trinajstić information content (AvgIpc) is 2.88. The molecule has 0 unspecified atom stereocenters. The number of rotatable bonds is 1. The molecule has 0 saturated carbocycles. The van der Waals surface area contributed by atoms with Crippen LogP contribution in [0.5, 0.6) is 0 Å². The first-order valence-corrected chi connectivity index (χ1v) is 6.99. The minimum Gasteiger partial charge on any atom is -0.465 e. The van der Waals surface area contributed by atoms with E-state index in [0.717, 1.165) is 17.8 Å². The maximum absolute atomic E-state index is 12.6. The average molecular weight is 325 g/mol. The third kappa shape index (κ3) is 2.88. The van der Waals surface area contributed by atoms with Crippen LogP contribution in [0.4, 0.5) is 18.0 Å². The highest BCUT2D eigenvalue weighted by Gasteiger charge is 2.30. The zero-order valence-corrected chi connectivity index (χ0v) is 12.2. The number of hydrogen-bond acceptors (Lipinski definition) is 2. The van der Waals surface area contributed by atoms with Gasteiger partial charge in [0.1, 0.15) is 0 Å². The standard InChI is InChI=1S/C15H14F3N3O2/c1-9-7-21-12(8-20(9)14(22)23)6-13(19-21)10-2-4-11(5-3-10)15(16,17)18/h2-6,9H,7-8H2,1H3,(H,22,23)/t9-/m0/s1. The van der Waals surface area contributed by atoms with Gasteiger partial charge in [-0.25, -0.2) is 4.79 Å². The van der Waals surface area contributed by atoms with Gasteiger partial charge in [0.05, 0.1) is 36.1 Å². The summed E-state index contributed by atoms with van der Waals surface area (Å²) in [5.41, 5.74) is 1.11. The Morgan fingerprint density at radius 3 is 2.52 bits per heavy atom. The van der Waals surface area contributed by atoms with Crippen molar-refractivity contribution in [2.45, 2.75) is 32.2 Å². The van der Waals surface area contributed by atoms with Crippen LogP contribution >= 0.6 is 0 Å². The van der Waals surface area contributed by atoms with Crippen LogP contribution in [-0.4, -0.2) is 31.9 Å². The molecule has 1 aliphatic rings. The molecule has 3 rings (SSSR count). The van der Waals surface area contributed by atoms with Gasteiger partial charge in [-0.1, -0.05) is 12.1 Å². The van der Waals surface area contributed by atoms with Gasteiger partial charge in [0.25, 0.3) is 0 Å². The molecule has 5 nitrogen and oxygen atoms in total. The lowest BCUT2D eigenvalue weighted by Gasteiger charge is -2.31. The summed E-state index contributed by atoms with van der Waals surface area (Å²) in [6.07, 6.45) is -5.37. The number of carbonyl (C=O) groups is 1. The molecule has 1 aromatic carbocycles. The Morgan fingerprint density at radius 2 is 1.96 bits per heavy atom. The van der Waals surface area contributed by atoms with Gasteiger partial charge in [-0.2, -0.15) is 18.3 Å². The van der Waals surface area contributed by atoms with Crippen LogP contribution in [0.15, 0.2) is 30.3 Å². The van der Waals surface area contributed by atoms with Crippen LogP contribution in [0, 0.1) is 0 Å². The molecule has 1 aromatic heterocycles. The van der Waals surface area contributed by atoms with Crippen molar-refractivity contribution in [1.82, 2.24) is 14.7 Å². The van der Waals surface area contributed by atoms with E-state index < -0.39 is 17.8 Å². The molecular weight excluding hydrogens is 311 g/mol. The van der Waals surface area contributed by atoms with E-state index in [1.54, 1.807) is 17.7 Å². The minimum absolute atomic E-state index is 0.208. The lowest BCUT2D eigenvalue weighted by atomic mass is 10.1. The summed E-state index contributed by atoms with van der Waals surface area (Å²) in [4.78, 5) is 12.5. The first kappa shape index (κ1) is 15.4. The zero-order chi connectivity index (χ0) is 16.8. The Labute approximate surface area is 129 Å². The van der Waals surface area contributed by atoms with E-state index in [2.05, 4.69) is 5.10 Å². The number of halogens is 3. The number of carboxylic acid groups (broad SMARTS) is 1. The van der Waals surface area contributed by atoms with Crippen molar-refractivity contribution in [1.29, 1.82) is 0 Å². The normalized spacial score (nSPS) is 17.9. The minimum atomic E-state index is -4.37. The fourth-order valence-electron chi connectivity index (χ4n) is 2.65. The maximum Gasteiger partial charge on any atom is 0.416 e. The van der Waals surface area contributed by atoms with Crippen molar-refractivity contribution >= 4 is 6.09 Å². The van der Waals surface area contributed by atoms with Gasteiger partial charge >= 0.3 is 12.3 Å². The lowest BCUT2D eigenvalue weighted by molar-refractivity contribution is -0.137. The van der Waals surface area contributed by atoms with E-state index in [9.17, 15) is 18.0 Å². The van der Waals surface area contributed by atoms with Crippen molar-refractivity contribution in [2.75, 3.05) is 0 Å². The summed E-state index contributed by atoms with van der Waals surface area (Å²) in [6.45, 7) is 2.42. The second-order valence-electron chi connectivity index (χ2n) is 5.54. The first-order chi connectivity index (χ1) is 10.8. The number of fused-ring (bicyclic) bond motifs is 1. The highest BCUT2D eigenvalue weighted by Crippen LogP contribution is 2.31. The second kappa shape index (κ2) is 5.29. The number of amides is 1. The van der Waals surface area contributed by atoms with E-state index in [1.807, 2.05) is 0 Å².